The van der Waals surface area contributed by atoms with E-state index in [1.807, 2.05) is 66.4 Å². The molecular formula is C36H46N2O8. The van der Waals surface area contributed by atoms with Crippen molar-refractivity contribution in [2.24, 2.45) is 11.3 Å². The van der Waals surface area contributed by atoms with Gasteiger partial charge in [-0.05, 0) is 68.4 Å². The zero-order chi connectivity index (χ0) is 32.7. The van der Waals surface area contributed by atoms with Gasteiger partial charge in [-0.2, -0.15) is 0 Å². The lowest BCUT2D eigenvalue weighted by Crippen LogP contribution is -2.61. The quantitative estimate of drug-likeness (QED) is 0.314. The monoisotopic (exact) mass is 634 g/mol. The summed E-state index contributed by atoms with van der Waals surface area (Å²) in [6.07, 6.45) is 4.39. The molecule has 3 heterocycles. The smallest absolute Gasteiger partial charge is 0.320 e. The number of nitrogens with zero attached hydrogens (tertiary/aromatic N) is 2. The predicted molar refractivity (Wildman–Crippen MR) is 171 cm³/mol. The van der Waals surface area contributed by atoms with Gasteiger partial charge in [-0.15, -0.1) is 0 Å². The molecule has 2 aromatic rings. The molecule has 2 amide bonds. The molecule has 10 heteroatoms. The first-order valence-electron chi connectivity index (χ1n) is 16.2. The minimum absolute atomic E-state index is 0.0358. The van der Waals surface area contributed by atoms with Crippen LogP contribution in [0.1, 0.15) is 50.2 Å². The summed E-state index contributed by atoms with van der Waals surface area (Å²) in [4.78, 5) is 45.2. The second kappa shape index (κ2) is 15.1. The van der Waals surface area contributed by atoms with Crippen LogP contribution in [0.15, 0.2) is 60.3 Å². The van der Waals surface area contributed by atoms with Gasteiger partial charge < -0.3 is 33.5 Å². The molecule has 0 aliphatic carbocycles. The van der Waals surface area contributed by atoms with Crippen molar-refractivity contribution < 1.29 is 38.1 Å². The molecule has 3 aliphatic heterocycles. The first-order valence-corrected chi connectivity index (χ1v) is 16.2. The molecular weight excluding hydrogens is 588 g/mol. The normalized spacial score (nSPS) is 24.6. The van der Waals surface area contributed by atoms with E-state index in [4.69, 9.17) is 23.7 Å². The van der Waals surface area contributed by atoms with E-state index in [2.05, 4.69) is 0 Å². The molecule has 0 radical (unpaired) electrons. The summed E-state index contributed by atoms with van der Waals surface area (Å²) in [7, 11) is 4.52. The van der Waals surface area contributed by atoms with Crippen LogP contribution in [0.4, 0.5) is 0 Å². The highest BCUT2D eigenvalue weighted by Gasteiger charge is 2.59. The highest BCUT2D eigenvalue weighted by atomic mass is 16.6. The molecule has 3 aliphatic rings. The fourth-order valence-electron chi connectivity index (χ4n) is 7.01. The maximum absolute atomic E-state index is 14.4. The van der Waals surface area contributed by atoms with Crippen LogP contribution in [0.2, 0.25) is 0 Å². The Morgan fingerprint density at radius 2 is 1.70 bits per heavy atom. The molecule has 2 aromatic carbocycles. The Balaban J connectivity index is 1.46. The molecule has 10 nitrogen and oxygen atoms in total. The molecule has 2 fully saturated rings. The van der Waals surface area contributed by atoms with E-state index in [-0.39, 0.29) is 37.8 Å². The second-order valence-corrected chi connectivity index (χ2v) is 12.3. The number of hydrogen-bond acceptors (Lipinski definition) is 8. The summed E-state index contributed by atoms with van der Waals surface area (Å²) in [6, 6.07) is 15.5. The van der Waals surface area contributed by atoms with Crippen LogP contribution in [0.25, 0.3) is 0 Å². The van der Waals surface area contributed by atoms with Crippen LogP contribution in [0.5, 0.6) is 11.5 Å². The van der Waals surface area contributed by atoms with E-state index in [0.29, 0.717) is 43.3 Å². The number of fused-ring (bicyclic) bond motifs is 1. The average molecular weight is 635 g/mol. The number of ether oxygens (including phenoxy) is 5. The summed E-state index contributed by atoms with van der Waals surface area (Å²) in [5.41, 5.74) is 1.26. The second-order valence-electron chi connectivity index (χ2n) is 12.3. The third-order valence-electron chi connectivity index (χ3n) is 9.49. The van der Waals surface area contributed by atoms with Gasteiger partial charge in [0, 0.05) is 37.7 Å². The fourth-order valence-corrected chi connectivity index (χ4v) is 7.01. The van der Waals surface area contributed by atoms with Crippen molar-refractivity contribution in [1.29, 1.82) is 0 Å². The summed E-state index contributed by atoms with van der Waals surface area (Å²) in [6.45, 7) is 4.18. The van der Waals surface area contributed by atoms with E-state index >= 15 is 0 Å². The Morgan fingerprint density at radius 1 is 0.957 bits per heavy atom. The minimum atomic E-state index is -1.26. The van der Waals surface area contributed by atoms with E-state index < -0.39 is 29.5 Å². The van der Waals surface area contributed by atoms with E-state index in [9.17, 15) is 14.4 Å². The van der Waals surface area contributed by atoms with E-state index in [1.165, 1.54) is 7.11 Å². The molecule has 0 spiro atoms. The third kappa shape index (κ3) is 7.08. The van der Waals surface area contributed by atoms with Crippen molar-refractivity contribution in [2.75, 3.05) is 47.6 Å². The molecule has 46 heavy (non-hydrogen) atoms. The number of benzene rings is 2. The van der Waals surface area contributed by atoms with Crippen LogP contribution < -0.4 is 9.47 Å². The number of carbonyl (C=O) groups excluding carboxylic acids is 3. The van der Waals surface area contributed by atoms with E-state index in [0.717, 1.165) is 30.4 Å². The van der Waals surface area contributed by atoms with Crippen LogP contribution in [0.3, 0.4) is 0 Å². The average Bonchev–Trinajstić information content (AvgIpc) is 3.09. The maximum Gasteiger partial charge on any atom is 0.320 e. The number of rotatable bonds is 12. The van der Waals surface area contributed by atoms with Gasteiger partial charge in [0.1, 0.15) is 11.5 Å². The zero-order valence-electron chi connectivity index (χ0n) is 27.4. The van der Waals surface area contributed by atoms with Gasteiger partial charge in [0.15, 0.2) is 11.5 Å². The molecule has 0 aromatic heterocycles. The lowest BCUT2D eigenvalue weighted by molar-refractivity contribution is -0.178. The lowest BCUT2D eigenvalue weighted by Gasteiger charge is -2.51. The molecule has 248 valence electrons. The zero-order valence-corrected chi connectivity index (χ0v) is 27.4. The molecule has 0 bridgehead atoms. The number of hydrogen-bond donors (Lipinski definition) is 0. The number of likely N-dealkylation sites (tertiary alicyclic amines) is 2. The van der Waals surface area contributed by atoms with Gasteiger partial charge in [0.2, 0.25) is 11.8 Å². The van der Waals surface area contributed by atoms with Crippen molar-refractivity contribution in [3.05, 3.63) is 71.4 Å². The number of piperidine rings is 2. The Hall–Kier alpha value is -3.89. The summed E-state index contributed by atoms with van der Waals surface area (Å²) >= 11 is 0. The Labute approximate surface area is 271 Å². The van der Waals surface area contributed by atoms with Crippen molar-refractivity contribution in [3.8, 4) is 11.5 Å². The minimum Gasteiger partial charge on any atom is -0.493 e. The Morgan fingerprint density at radius 3 is 2.39 bits per heavy atom. The molecule has 2 saturated heterocycles. The SMILES string of the molecule is COC(=O)[C@]12C[C@H](CC(=O)N3CCCCC3)C(=O)N(CCc3ccc(OC)c(OC)c3)C1=C[C@H](COCc1ccccc1)O[C@@H]2C. The van der Waals surface area contributed by atoms with Gasteiger partial charge in [-0.3, -0.25) is 14.4 Å². The van der Waals surface area contributed by atoms with Crippen molar-refractivity contribution in [2.45, 2.75) is 64.3 Å². The molecule has 5 rings (SSSR count). The van der Waals surface area contributed by atoms with Crippen molar-refractivity contribution in [1.82, 2.24) is 9.80 Å². The molecule has 0 unspecified atom stereocenters. The Bertz CT molecular complexity index is 1410. The number of amides is 2. The van der Waals surface area contributed by atoms with E-state index in [1.54, 1.807) is 19.1 Å². The summed E-state index contributed by atoms with van der Waals surface area (Å²) < 4.78 is 28.8. The predicted octanol–water partition coefficient (Wildman–Crippen LogP) is 4.54. The standard InChI is InChI=1S/C36H46N2O8/c1-25-36(35(41)44-4)22-28(20-33(39)37-16-9-6-10-17-37)34(40)38(18-15-26-13-14-30(42-2)31(19-26)43-3)32(36)21-29(46-25)24-45-23-27-11-7-5-8-12-27/h5,7-8,11-14,19,21,25,28-29H,6,9-10,15-18,20,22-24H2,1-4H3/t25-,28+,29-,36+/m1/s1. The molecule has 0 N–H and O–H groups in total. The largest absolute Gasteiger partial charge is 0.493 e. The first kappa shape index (κ1) is 33.5. The maximum atomic E-state index is 14.4. The third-order valence-corrected chi connectivity index (χ3v) is 9.49. The summed E-state index contributed by atoms with van der Waals surface area (Å²) in [5.74, 6) is -0.201. The number of esters is 1. The van der Waals surface area contributed by atoms with Crippen LogP contribution in [0, 0.1) is 11.3 Å². The number of methoxy groups -OCH3 is 3. The lowest BCUT2D eigenvalue weighted by atomic mass is 9.66. The molecule has 4 atom stereocenters. The molecule has 0 saturated carbocycles. The fraction of sp³-hybridized carbons (Fsp3) is 0.528. The van der Waals surface area contributed by atoms with Gasteiger partial charge in [0.05, 0.1) is 40.6 Å². The highest BCUT2D eigenvalue weighted by Crippen LogP contribution is 2.50. The van der Waals surface area contributed by atoms with Crippen LogP contribution in [-0.4, -0.2) is 87.4 Å². The van der Waals surface area contributed by atoms with Gasteiger partial charge in [0.25, 0.3) is 0 Å². The first-order chi connectivity index (χ1) is 22.3. The van der Waals surface area contributed by atoms with Crippen molar-refractivity contribution in [3.63, 3.8) is 0 Å². The summed E-state index contributed by atoms with van der Waals surface area (Å²) in [5, 5.41) is 0. The van der Waals surface area contributed by atoms with Crippen LogP contribution in [-0.2, 0) is 41.6 Å². The van der Waals surface area contributed by atoms with Crippen molar-refractivity contribution >= 4 is 17.8 Å². The van der Waals surface area contributed by atoms with Crippen LogP contribution >= 0.6 is 0 Å². The number of carbonyl (C=O) groups is 3. The Kier molecular flexibility index (Phi) is 11.0. The van der Waals surface area contributed by atoms with Gasteiger partial charge >= 0.3 is 5.97 Å². The highest BCUT2D eigenvalue weighted by molar-refractivity contribution is 5.92. The van der Waals surface area contributed by atoms with Gasteiger partial charge in [-0.1, -0.05) is 36.4 Å². The van der Waals surface area contributed by atoms with Gasteiger partial charge in [-0.25, -0.2) is 0 Å². The topological polar surface area (TPSA) is 104 Å².